The average Bonchev–Trinajstić information content (AvgIpc) is 2.23. The van der Waals surface area contributed by atoms with Crippen molar-refractivity contribution in [1.29, 1.82) is 0 Å². The predicted octanol–water partition coefficient (Wildman–Crippen LogP) is -1.87. The van der Waals surface area contributed by atoms with Gasteiger partial charge in [0, 0.05) is 23.5 Å². The molecule has 0 heterocycles. The summed E-state index contributed by atoms with van der Waals surface area (Å²) in [5.41, 5.74) is 5.19. The minimum Gasteiger partial charge on any atom is -0.480 e. The maximum Gasteiger partial charge on any atom is 0.327 e. The number of carboxylic acid groups (broad SMARTS) is 2. The molecule has 1 amide bonds. The van der Waals surface area contributed by atoms with Crippen LogP contribution < -0.4 is 11.1 Å². The lowest BCUT2D eigenvalue weighted by atomic mass is 10.1. The van der Waals surface area contributed by atoms with Crippen LogP contribution in [-0.2, 0) is 25.2 Å². The first-order valence-electron chi connectivity index (χ1n) is 5.04. The van der Waals surface area contributed by atoms with Gasteiger partial charge in [-0.3, -0.25) is 13.8 Å². The van der Waals surface area contributed by atoms with Gasteiger partial charge in [-0.1, -0.05) is 0 Å². The number of hydrogen-bond donors (Lipinski definition) is 4. The van der Waals surface area contributed by atoms with Crippen LogP contribution in [0.3, 0.4) is 0 Å². The van der Waals surface area contributed by atoms with Gasteiger partial charge in [0.25, 0.3) is 0 Å². The van der Waals surface area contributed by atoms with Gasteiger partial charge in [-0.2, -0.15) is 0 Å². The fourth-order valence-electron chi connectivity index (χ4n) is 1.09. The number of amides is 1. The first-order chi connectivity index (χ1) is 8.23. The molecule has 0 unspecified atom stereocenters. The standard InChI is InChI=1S/C9H16N2O6S/c1-18(17)4-6(9(15)16)11-7(12)3-2-5(10)8(13)14/h5-6H,2-4,10H2,1H3,(H,11,12)(H,13,14)(H,15,16)/t5-,6+,18-/m0/s1. The third kappa shape index (κ3) is 6.97. The van der Waals surface area contributed by atoms with Gasteiger partial charge in [-0.25, -0.2) is 4.79 Å². The highest BCUT2D eigenvalue weighted by molar-refractivity contribution is 7.84. The minimum atomic E-state index is -1.37. The lowest BCUT2D eigenvalue weighted by Gasteiger charge is -2.13. The molecule has 3 atom stereocenters. The van der Waals surface area contributed by atoms with Crippen LogP contribution >= 0.6 is 0 Å². The summed E-state index contributed by atoms with van der Waals surface area (Å²) >= 11 is 0. The van der Waals surface area contributed by atoms with Gasteiger partial charge < -0.3 is 21.3 Å². The summed E-state index contributed by atoms with van der Waals surface area (Å²) in [6, 6.07) is -2.41. The Morgan fingerprint density at radius 2 is 1.83 bits per heavy atom. The van der Waals surface area contributed by atoms with Crippen molar-refractivity contribution < 1.29 is 28.8 Å². The Kier molecular flexibility index (Phi) is 7.13. The van der Waals surface area contributed by atoms with E-state index in [1.807, 2.05) is 0 Å². The molecule has 0 rings (SSSR count). The van der Waals surface area contributed by atoms with Crippen LogP contribution in [0.25, 0.3) is 0 Å². The van der Waals surface area contributed by atoms with Gasteiger partial charge >= 0.3 is 11.9 Å². The number of nitrogens with two attached hydrogens (primary N) is 1. The maximum atomic E-state index is 11.3. The first kappa shape index (κ1) is 16.5. The summed E-state index contributed by atoms with van der Waals surface area (Å²) < 4.78 is 10.9. The second-order valence-electron chi connectivity index (χ2n) is 3.68. The molecular formula is C9H16N2O6S. The number of carboxylic acids is 2. The maximum absolute atomic E-state index is 11.3. The summed E-state index contributed by atoms with van der Waals surface area (Å²) in [6.45, 7) is 0. The van der Waals surface area contributed by atoms with E-state index in [0.29, 0.717) is 0 Å². The van der Waals surface area contributed by atoms with E-state index in [2.05, 4.69) is 5.32 Å². The molecule has 8 nitrogen and oxygen atoms in total. The molecule has 18 heavy (non-hydrogen) atoms. The Balaban J connectivity index is 4.22. The monoisotopic (exact) mass is 280 g/mol. The van der Waals surface area contributed by atoms with E-state index >= 15 is 0 Å². The summed E-state index contributed by atoms with van der Waals surface area (Å²) in [5.74, 6) is -3.36. The topological polar surface area (TPSA) is 147 Å². The zero-order valence-corrected chi connectivity index (χ0v) is 10.6. The van der Waals surface area contributed by atoms with Crippen molar-refractivity contribution in [2.24, 2.45) is 5.73 Å². The summed E-state index contributed by atoms with van der Waals surface area (Å²) in [6.07, 6.45) is 1.03. The molecule has 9 heteroatoms. The SMILES string of the molecule is C[S@](=O)C[C@@H](NC(=O)CC[C@H](N)C(=O)O)C(=O)O. The predicted molar refractivity (Wildman–Crippen MR) is 63.3 cm³/mol. The summed E-state index contributed by atoms with van der Waals surface area (Å²) in [5, 5.41) is 19.4. The largest absolute Gasteiger partial charge is 0.480 e. The van der Waals surface area contributed by atoms with E-state index < -0.39 is 40.7 Å². The molecule has 0 spiro atoms. The Hall–Kier alpha value is -1.48. The number of aliphatic carboxylic acids is 2. The zero-order valence-electron chi connectivity index (χ0n) is 9.79. The lowest BCUT2D eigenvalue weighted by molar-refractivity contribution is -0.141. The Morgan fingerprint density at radius 1 is 1.28 bits per heavy atom. The van der Waals surface area contributed by atoms with Gasteiger partial charge in [0.2, 0.25) is 5.91 Å². The fraction of sp³-hybridized carbons (Fsp3) is 0.667. The van der Waals surface area contributed by atoms with E-state index in [4.69, 9.17) is 15.9 Å². The van der Waals surface area contributed by atoms with E-state index in [1.165, 1.54) is 6.26 Å². The van der Waals surface area contributed by atoms with Gasteiger partial charge in [-0.05, 0) is 6.42 Å². The molecule has 104 valence electrons. The minimum absolute atomic E-state index is 0.0945. The molecule has 0 saturated carbocycles. The Labute approximate surface area is 106 Å². The zero-order chi connectivity index (χ0) is 14.3. The second-order valence-corrected chi connectivity index (χ2v) is 5.16. The molecule has 0 fully saturated rings. The number of nitrogens with one attached hydrogen (secondary N) is 1. The van der Waals surface area contributed by atoms with Crippen LogP contribution in [-0.4, -0.2) is 56.4 Å². The van der Waals surface area contributed by atoms with Crippen LogP contribution in [0.15, 0.2) is 0 Å². The molecule has 0 aromatic heterocycles. The molecule has 0 aliphatic carbocycles. The third-order valence-electron chi connectivity index (χ3n) is 2.03. The van der Waals surface area contributed by atoms with Gasteiger partial charge in [-0.15, -0.1) is 0 Å². The van der Waals surface area contributed by atoms with Crippen LogP contribution in [0.2, 0.25) is 0 Å². The van der Waals surface area contributed by atoms with Crippen LogP contribution in [0, 0.1) is 0 Å². The first-order valence-corrected chi connectivity index (χ1v) is 6.77. The molecular weight excluding hydrogens is 264 g/mol. The van der Waals surface area contributed by atoms with E-state index in [0.717, 1.165) is 0 Å². The van der Waals surface area contributed by atoms with Crippen molar-refractivity contribution in [3.8, 4) is 0 Å². The molecule has 0 aromatic rings. The van der Waals surface area contributed by atoms with Crippen LogP contribution in [0.4, 0.5) is 0 Å². The van der Waals surface area contributed by atoms with Crippen molar-refractivity contribution in [3.63, 3.8) is 0 Å². The fourth-order valence-corrected chi connectivity index (χ4v) is 1.78. The van der Waals surface area contributed by atoms with Crippen molar-refractivity contribution >= 4 is 28.6 Å². The highest BCUT2D eigenvalue weighted by atomic mass is 32.2. The van der Waals surface area contributed by atoms with Crippen molar-refractivity contribution in [3.05, 3.63) is 0 Å². The molecule has 0 bridgehead atoms. The normalized spacial score (nSPS) is 15.4. The quantitative estimate of drug-likeness (QED) is 0.407. The highest BCUT2D eigenvalue weighted by Crippen LogP contribution is 1.97. The lowest BCUT2D eigenvalue weighted by Crippen LogP contribution is -2.44. The highest BCUT2D eigenvalue weighted by Gasteiger charge is 2.22. The number of rotatable bonds is 8. The Morgan fingerprint density at radius 3 is 2.22 bits per heavy atom. The second kappa shape index (κ2) is 7.77. The van der Waals surface area contributed by atoms with Gasteiger partial charge in [0.05, 0.1) is 5.75 Å². The molecule has 0 aromatic carbocycles. The number of carbonyl (C=O) groups is 3. The van der Waals surface area contributed by atoms with Crippen LogP contribution in [0.1, 0.15) is 12.8 Å². The Bertz CT molecular complexity index is 359. The average molecular weight is 280 g/mol. The van der Waals surface area contributed by atoms with E-state index in [1.54, 1.807) is 0 Å². The van der Waals surface area contributed by atoms with E-state index in [-0.39, 0.29) is 18.6 Å². The van der Waals surface area contributed by atoms with Crippen LogP contribution in [0.5, 0.6) is 0 Å². The summed E-state index contributed by atoms with van der Waals surface area (Å²) in [4.78, 5) is 32.5. The molecule has 0 aliphatic rings. The molecule has 0 aliphatic heterocycles. The summed E-state index contributed by atoms with van der Waals surface area (Å²) in [7, 11) is -1.37. The van der Waals surface area contributed by atoms with Crippen molar-refractivity contribution in [2.45, 2.75) is 24.9 Å². The van der Waals surface area contributed by atoms with Crippen molar-refractivity contribution in [2.75, 3.05) is 12.0 Å². The molecule has 0 radical (unpaired) electrons. The number of carbonyl (C=O) groups excluding carboxylic acids is 1. The number of hydrogen-bond acceptors (Lipinski definition) is 5. The third-order valence-corrected chi connectivity index (χ3v) is 2.84. The van der Waals surface area contributed by atoms with Crippen molar-refractivity contribution in [1.82, 2.24) is 5.32 Å². The van der Waals surface area contributed by atoms with Gasteiger partial charge in [0.1, 0.15) is 12.1 Å². The van der Waals surface area contributed by atoms with E-state index in [9.17, 15) is 18.6 Å². The molecule has 0 saturated heterocycles. The van der Waals surface area contributed by atoms with Gasteiger partial charge in [0.15, 0.2) is 0 Å². The smallest absolute Gasteiger partial charge is 0.327 e. The molecule has 5 N–H and O–H groups in total.